The van der Waals surface area contributed by atoms with E-state index < -0.39 is 11.9 Å². The van der Waals surface area contributed by atoms with Crippen molar-refractivity contribution < 1.29 is 14.7 Å². The van der Waals surface area contributed by atoms with Gasteiger partial charge in [-0.2, -0.15) is 5.10 Å². The maximum absolute atomic E-state index is 12.1. The van der Waals surface area contributed by atoms with Crippen LogP contribution in [-0.4, -0.2) is 27.7 Å². The molecule has 0 spiro atoms. The Bertz CT molecular complexity index is 599. The molecular formula is C13H14ClN3O3. The molecule has 1 amide bonds. The van der Waals surface area contributed by atoms with E-state index >= 15 is 0 Å². The highest BCUT2D eigenvalue weighted by molar-refractivity contribution is 6.34. The number of hydrogen-bond acceptors (Lipinski definition) is 4. The number of halogens is 1. The van der Waals surface area contributed by atoms with Gasteiger partial charge in [-0.3, -0.25) is 4.79 Å². The van der Waals surface area contributed by atoms with Crippen LogP contribution in [0, 0.1) is 0 Å². The lowest BCUT2D eigenvalue weighted by atomic mass is 9.92. The lowest BCUT2D eigenvalue weighted by molar-refractivity contribution is -0.129. The van der Waals surface area contributed by atoms with Gasteiger partial charge in [0.15, 0.2) is 0 Å². The van der Waals surface area contributed by atoms with Crippen molar-refractivity contribution in [1.82, 2.24) is 10.4 Å². The fourth-order valence-electron chi connectivity index (χ4n) is 2.12. The number of hydrogen-bond donors (Lipinski definition) is 2. The molecule has 1 aromatic rings. The Kier molecular flexibility index (Phi) is 4.34. The first-order valence-corrected chi connectivity index (χ1v) is 6.63. The number of rotatable bonds is 3. The van der Waals surface area contributed by atoms with Gasteiger partial charge in [0.2, 0.25) is 0 Å². The topological polar surface area (TPSA) is 91.7 Å². The Labute approximate surface area is 120 Å². The summed E-state index contributed by atoms with van der Waals surface area (Å²) in [6, 6.07) is 1.49. The molecule has 0 saturated carbocycles. The molecule has 2 rings (SSSR count). The molecular weight excluding hydrogens is 282 g/mol. The Morgan fingerprint density at radius 1 is 1.40 bits per heavy atom. The number of hydrazone groups is 1. The van der Waals surface area contributed by atoms with Crippen molar-refractivity contribution in [2.24, 2.45) is 5.10 Å². The largest absolute Gasteiger partial charge is 0.477 e. The Morgan fingerprint density at radius 2 is 2.10 bits per heavy atom. The molecule has 6 nitrogen and oxygen atoms in total. The third-order valence-corrected chi connectivity index (χ3v) is 3.34. The number of nitrogens with one attached hydrogen (secondary N) is 1. The van der Waals surface area contributed by atoms with Gasteiger partial charge in [-0.15, -0.1) is 0 Å². The molecule has 0 saturated heterocycles. The monoisotopic (exact) mass is 295 g/mol. The number of carboxylic acids is 1. The van der Waals surface area contributed by atoms with Crippen molar-refractivity contribution in [2.45, 2.75) is 32.6 Å². The van der Waals surface area contributed by atoms with Crippen LogP contribution < -0.4 is 5.43 Å². The van der Waals surface area contributed by atoms with Gasteiger partial charge in [-0.25, -0.2) is 15.2 Å². The minimum absolute atomic E-state index is 0.188. The fraction of sp³-hybridized carbons (Fsp3) is 0.385. The molecule has 7 heteroatoms. The average molecular weight is 296 g/mol. The van der Waals surface area contributed by atoms with E-state index in [1.165, 1.54) is 13.0 Å². The fourth-order valence-corrected chi connectivity index (χ4v) is 2.33. The van der Waals surface area contributed by atoms with Crippen LogP contribution in [0.5, 0.6) is 0 Å². The van der Waals surface area contributed by atoms with Gasteiger partial charge < -0.3 is 5.11 Å². The second kappa shape index (κ2) is 6.00. The number of aliphatic carboxylic acids is 1. The predicted molar refractivity (Wildman–Crippen MR) is 74.1 cm³/mol. The van der Waals surface area contributed by atoms with E-state index in [1.807, 2.05) is 0 Å². The summed E-state index contributed by atoms with van der Waals surface area (Å²) in [7, 11) is 0. The number of aryl methyl sites for hydroxylation is 1. The zero-order chi connectivity index (χ0) is 14.7. The highest BCUT2D eigenvalue weighted by Crippen LogP contribution is 2.25. The summed E-state index contributed by atoms with van der Waals surface area (Å²) in [5, 5.41) is 12.5. The number of fused-ring (bicyclic) bond motifs is 1. The molecule has 20 heavy (non-hydrogen) atoms. The average Bonchev–Trinajstić information content (AvgIpc) is 2.43. The lowest BCUT2D eigenvalue weighted by Crippen LogP contribution is -2.24. The summed E-state index contributed by atoms with van der Waals surface area (Å²) >= 11 is 5.92. The van der Waals surface area contributed by atoms with Gasteiger partial charge in [-0.05, 0) is 44.2 Å². The number of amides is 1. The normalized spacial score (nSPS) is 14.6. The number of aromatic nitrogens is 1. The molecule has 0 fully saturated rings. The highest BCUT2D eigenvalue weighted by atomic mass is 35.5. The molecule has 2 N–H and O–H groups in total. The summed E-state index contributed by atoms with van der Waals surface area (Å²) in [4.78, 5) is 27.0. The van der Waals surface area contributed by atoms with Gasteiger partial charge in [0.1, 0.15) is 10.9 Å². The number of carbonyl (C=O) groups excluding carboxylic acids is 1. The molecule has 0 bridgehead atoms. The third kappa shape index (κ3) is 3.14. The minimum Gasteiger partial charge on any atom is -0.477 e. The van der Waals surface area contributed by atoms with Gasteiger partial charge in [-0.1, -0.05) is 11.6 Å². The molecule has 1 aliphatic rings. The quantitative estimate of drug-likeness (QED) is 0.505. The summed E-state index contributed by atoms with van der Waals surface area (Å²) in [5.74, 6) is -1.65. The highest BCUT2D eigenvalue weighted by Gasteiger charge is 2.20. The second-order valence-corrected chi connectivity index (χ2v) is 4.96. The summed E-state index contributed by atoms with van der Waals surface area (Å²) in [5.41, 5.74) is 4.19. The number of pyridine rings is 1. The van der Waals surface area contributed by atoms with Crippen LogP contribution >= 0.6 is 11.6 Å². The first-order chi connectivity index (χ1) is 9.49. The first-order valence-electron chi connectivity index (χ1n) is 6.25. The summed E-state index contributed by atoms with van der Waals surface area (Å²) in [6.07, 6.45) is 3.59. The smallest absolute Gasteiger partial charge is 0.351 e. The molecule has 0 unspecified atom stereocenters. The second-order valence-electron chi connectivity index (χ2n) is 4.57. The minimum atomic E-state index is -1.18. The molecule has 1 heterocycles. The molecule has 106 valence electrons. The van der Waals surface area contributed by atoms with E-state index in [2.05, 4.69) is 15.5 Å². The van der Waals surface area contributed by atoms with Crippen molar-refractivity contribution >= 4 is 29.2 Å². The number of carbonyl (C=O) groups is 2. The standard InChI is InChI=1S/C13H14ClN3O3/c1-7(13(19)20)16-17-12(18)9-6-11(14)15-10-5-3-2-4-8(9)10/h6H,2-5H2,1H3,(H,17,18)(H,19,20)/b16-7-. The third-order valence-electron chi connectivity index (χ3n) is 3.15. The van der Waals surface area contributed by atoms with Crippen molar-refractivity contribution in [3.63, 3.8) is 0 Å². The molecule has 0 aliphatic heterocycles. The van der Waals surface area contributed by atoms with Crippen LogP contribution in [0.3, 0.4) is 0 Å². The van der Waals surface area contributed by atoms with Crippen LogP contribution in [0.2, 0.25) is 5.15 Å². The van der Waals surface area contributed by atoms with E-state index in [4.69, 9.17) is 16.7 Å². The van der Waals surface area contributed by atoms with Gasteiger partial charge in [0.25, 0.3) is 5.91 Å². The van der Waals surface area contributed by atoms with E-state index in [9.17, 15) is 9.59 Å². The van der Waals surface area contributed by atoms with E-state index in [0.717, 1.165) is 36.9 Å². The van der Waals surface area contributed by atoms with E-state index in [1.54, 1.807) is 0 Å². The van der Waals surface area contributed by atoms with Crippen LogP contribution in [0.15, 0.2) is 11.2 Å². The van der Waals surface area contributed by atoms with Crippen LogP contribution in [-0.2, 0) is 17.6 Å². The SMILES string of the molecule is C/C(=N/NC(=O)c1cc(Cl)nc2c1CCCC2)C(=O)O. The van der Waals surface area contributed by atoms with Crippen molar-refractivity contribution in [3.05, 3.63) is 28.0 Å². The van der Waals surface area contributed by atoms with Crippen LogP contribution in [0.1, 0.15) is 41.4 Å². The zero-order valence-corrected chi connectivity index (χ0v) is 11.7. The first kappa shape index (κ1) is 14.5. The van der Waals surface area contributed by atoms with Gasteiger partial charge in [0, 0.05) is 11.3 Å². The Hall–Kier alpha value is -1.95. The zero-order valence-electron chi connectivity index (χ0n) is 10.9. The molecule has 1 aliphatic carbocycles. The van der Waals surface area contributed by atoms with Crippen molar-refractivity contribution in [1.29, 1.82) is 0 Å². The Balaban J connectivity index is 2.28. The van der Waals surface area contributed by atoms with Crippen LogP contribution in [0.4, 0.5) is 0 Å². The maximum Gasteiger partial charge on any atom is 0.351 e. The Morgan fingerprint density at radius 3 is 2.80 bits per heavy atom. The summed E-state index contributed by atoms with van der Waals surface area (Å²) in [6.45, 7) is 1.30. The molecule has 1 aromatic heterocycles. The van der Waals surface area contributed by atoms with Gasteiger partial charge in [0.05, 0.1) is 0 Å². The van der Waals surface area contributed by atoms with E-state index in [0.29, 0.717) is 5.56 Å². The molecule has 0 radical (unpaired) electrons. The lowest BCUT2D eigenvalue weighted by Gasteiger charge is -2.17. The van der Waals surface area contributed by atoms with Crippen molar-refractivity contribution in [2.75, 3.05) is 0 Å². The number of nitrogens with zero attached hydrogens (tertiary/aromatic N) is 2. The van der Waals surface area contributed by atoms with E-state index in [-0.39, 0.29) is 10.9 Å². The van der Waals surface area contributed by atoms with Crippen molar-refractivity contribution in [3.8, 4) is 0 Å². The number of carboxylic acid groups (broad SMARTS) is 1. The van der Waals surface area contributed by atoms with Gasteiger partial charge >= 0.3 is 5.97 Å². The summed E-state index contributed by atoms with van der Waals surface area (Å²) < 4.78 is 0. The molecule has 0 atom stereocenters. The predicted octanol–water partition coefficient (Wildman–Crippen LogP) is 1.80. The molecule has 0 aromatic carbocycles. The maximum atomic E-state index is 12.1. The van der Waals surface area contributed by atoms with Crippen LogP contribution in [0.25, 0.3) is 0 Å².